The molecule has 1 fully saturated rings. The van der Waals surface area contributed by atoms with Crippen molar-refractivity contribution in [1.29, 1.82) is 0 Å². The van der Waals surface area contributed by atoms with Crippen molar-refractivity contribution in [2.45, 2.75) is 115 Å². The first-order chi connectivity index (χ1) is 21.2. The third-order valence-corrected chi connectivity index (χ3v) is 8.62. The van der Waals surface area contributed by atoms with Crippen LogP contribution in [0.2, 0.25) is 0 Å². The van der Waals surface area contributed by atoms with Gasteiger partial charge in [-0.2, -0.15) is 0 Å². The lowest BCUT2D eigenvalue weighted by molar-refractivity contribution is -0.159. The van der Waals surface area contributed by atoms with Crippen LogP contribution in [-0.2, 0) is 32.1 Å². The molecular weight excluding hydrogens is 558 g/mol. The van der Waals surface area contributed by atoms with Gasteiger partial charge in [0.25, 0.3) is 5.91 Å². The first kappa shape index (κ1) is 33.2. The molecule has 0 aromatic heterocycles. The Balaban J connectivity index is 1.53. The van der Waals surface area contributed by atoms with Gasteiger partial charge in [0.05, 0.1) is 12.1 Å². The Morgan fingerprint density at radius 3 is 2.30 bits per heavy atom. The largest absolute Gasteiger partial charge is 0.461 e. The van der Waals surface area contributed by atoms with E-state index in [9.17, 15) is 24.3 Å². The summed E-state index contributed by atoms with van der Waals surface area (Å²) in [6.07, 6.45) is 5.04. The van der Waals surface area contributed by atoms with Crippen molar-refractivity contribution in [2.75, 3.05) is 0 Å². The molecule has 0 bridgehead atoms. The summed E-state index contributed by atoms with van der Waals surface area (Å²) in [6, 6.07) is 14.2. The number of carbonyl (C=O) groups excluding carboxylic acids is 4. The van der Waals surface area contributed by atoms with Crippen LogP contribution in [-0.4, -0.2) is 64.0 Å². The minimum Gasteiger partial charge on any atom is -0.461 e. The predicted molar refractivity (Wildman–Crippen MR) is 167 cm³/mol. The standard InChI is InChI=1S/C35H47N3O6/c1-4-13-28(32(40)37-29(20-24-14-7-5-8-15-24)31(39)35(43)44-23(2)3)36-33(41)30(21-25-16-9-6-10-17-25)38-22-26-18-11-12-19-27(26)34(38)42/h6,9-12,16-19,23-24,28-31,39H,4-5,7-8,13-15,20-22H2,1-3H3,(H,36,41)(H,37,40)/t28-,29-,30-,31?/m0/s1. The number of benzene rings is 2. The molecule has 2 aliphatic rings. The Labute approximate surface area is 260 Å². The average Bonchev–Trinajstić information content (AvgIpc) is 3.35. The SMILES string of the molecule is CCC[C@H](NC(=O)[C@H](Cc1ccccc1)N1Cc2ccccc2C1=O)C(=O)N[C@@H](CC1CCCCC1)C(O)C(=O)OC(C)C. The Kier molecular flexibility index (Phi) is 11.9. The van der Waals surface area contributed by atoms with Crippen molar-refractivity contribution in [3.8, 4) is 0 Å². The van der Waals surface area contributed by atoms with Crippen LogP contribution >= 0.6 is 0 Å². The van der Waals surface area contributed by atoms with E-state index in [2.05, 4.69) is 10.6 Å². The highest BCUT2D eigenvalue weighted by Crippen LogP contribution is 2.29. The lowest BCUT2D eigenvalue weighted by Gasteiger charge is -2.32. The summed E-state index contributed by atoms with van der Waals surface area (Å²) in [4.78, 5) is 55.4. The van der Waals surface area contributed by atoms with Crippen LogP contribution in [0.25, 0.3) is 0 Å². The topological polar surface area (TPSA) is 125 Å². The number of aliphatic hydroxyl groups excluding tert-OH is 1. The van der Waals surface area contributed by atoms with Crippen molar-refractivity contribution in [3.05, 3.63) is 71.3 Å². The van der Waals surface area contributed by atoms with Crippen LogP contribution in [0.1, 0.15) is 93.6 Å². The average molecular weight is 606 g/mol. The predicted octanol–water partition coefficient (Wildman–Crippen LogP) is 4.31. The first-order valence-electron chi connectivity index (χ1n) is 16.1. The quantitative estimate of drug-likeness (QED) is 0.276. The van der Waals surface area contributed by atoms with Gasteiger partial charge < -0.3 is 25.4 Å². The number of hydrogen-bond donors (Lipinski definition) is 3. The maximum Gasteiger partial charge on any atom is 0.337 e. The minimum atomic E-state index is -1.52. The molecule has 9 nitrogen and oxygen atoms in total. The Bertz CT molecular complexity index is 1280. The molecule has 1 heterocycles. The lowest BCUT2D eigenvalue weighted by atomic mass is 9.83. The monoisotopic (exact) mass is 605 g/mol. The smallest absolute Gasteiger partial charge is 0.337 e. The van der Waals surface area contributed by atoms with Gasteiger partial charge in [0, 0.05) is 18.5 Å². The molecule has 1 aliphatic heterocycles. The van der Waals surface area contributed by atoms with Crippen LogP contribution in [0.15, 0.2) is 54.6 Å². The molecule has 3 amide bonds. The number of aliphatic hydroxyl groups is 1. The fourth-order valence-corrected chi connectivity index (χ4v) is 6.33. The number of amides is 3. The molecule has 0 saturated heterocycles. The Morgan fingerprint density at radius 2 is 1.64 bits per heavy atom. The molecule has 0 spiro atoms. The number of nitrogens with zero attached hydrogens (tertiary/aromatic N) is 1. The number of nitrogens with one attached hydrogen (secondary N) is 2. The second-order valence-electron chi connectivity index (χ2n) is 12.4. The van der Waals surface area contributed by atoms with E-state index in [1.54, 1.807) is 24.8 Å². The second-order valence-corrected chi connectivity index (χ2v) is 12.4. The maximum absolute atomic E-state index is 14.0. The van der Waals surface area contributed by atoms with Gasteiger partial charge in [0.15, 0.2) is 6.10 Å². The molecule has 4 rings (SSSR count). The molecule has 2 aromatic carbocycles. The molecule has 2 aromatic rings. The van der Waals surface area contributed by atoms with Crippen molar-refractivity contribution < 1.29 is 29.0 Å². The van der Waals surface area contributed by atoms with Gasteiger partial charge in [0.2, 0.25) is 11.8 Å². The Morgan fingerprint density at radius 1 is 0.955 bits per heavy atom. The normalized spacial score (nSPS) is 17.8. The molecule has 1 saturated carbocycles. The molecule has 44 heavy (non-hydrogen) atoms. The van der Waals surface area contributed by atoms with E-state index >= 15 is 0 Å². The number of hydrogen-bond acceptors (Lipinski definition) is 6. The van der Waals surface area contributed by atoms with Gasteiger partial charge >= 0.3 is 5.97 Å². The van der Waals surface area contributed by atoms with Gasteiger partial charge in [-0.05, 0) is 49.8 Å². The van der Waals surface area contributed by atoms with Gasteiger partial charge in [-0.1, -0.05) is 94.0 Å². The highest BCUT2D eigenvalue weighted by Gasteiger charge is 2.38. The van der Waals surface area contributed by atoms with Crippen molar-refractivity contribution in [1.82, 2.24) is 15.5 Å². The highest BCUT2D eigenvalue weighted by molar-refractivity contribution is 6.01. The van der Waals surface area contributed by atoms with E-state index in [-0.39, 0.29) is 18.2 Å². The number of carbonyl (C=O) groups is 4. The van der Waals surface area contributed by atoms with Crippen molar-refractivity contribution in [2.24, 2.45) is 5.92 Å². The zero-order valence-electron chi connectivity index (χ0n) is 26.2. The second kappa shape index (κ2) is 15.8. The number of rotatable bonds is 14. The summed E-state index contributed by atoms with van der Waals surface area (Å²) in [6.45, 7) is 5.64. The fourth-order valence-electron chi connectivity index (χ4n) is 6.33. The summed E-state index contributed by atoms with van der Waals surface area (Å²) in [5, 5.41) is 16.8. The number of esters is 1. The van der Waals surface area contributed by atoms with Gasteiger partial charge in [-0.25, -0.2) is 4.79 Å². The molecule has 0 radical (unpaired) electrons. The summed E-state index contributed by atoms with van der Waals surface area (Å²) < 4.78 is 5.27. The van der Waals surface area contributed by atoms with E-state index in [4.69, 9.17) is 4.74 Å². The molecule has 1 aliphatic carbocycles. The van der Waals surface area contributed by atoms with E-state index in [1.807, 2.05) is 55.5 Å². The summed E-state index contributed by atoms with van der Waals surface area (Å²) in [5.41, 5.74) is 2.33. The third kappa shape index (κ3) is 8.68. The van der Waals surface area contributed by atoms with Gasteiger partial charge in [-0.3, -0.25) is 14.4 Å². The number of fused-ring (bicyclic) bond motifs is 1. The molecule has 3 N–H and O–H groups in total. The zero-order valence-corrected chi connectivity index (χ0v) is 26.2. The van der Waals surface area contributed by atoms with Crippen LogP contribution in [0.4, 0.5) is 0 Å². The molecule has 9 heteroatoms. The zero-order chi connectivity index (χ0) is 31.6. The van der Waals surface area contributed by atoms with Crippen molar-refractivity contribution in [3.63, 3.8) is 0 Å². The number of ether oxygens (including phenoxy) is 1. The summed E-state index contributed by atoms with van der Waals surface area (Å²) in [5.74, 6) is -1.60. The fraction of sp³-hybridized carbons (Fsp3) is 0.543. The third-order valence-electron chi connectivity index (χ3n) is 8.62. The summed E-state index contributed by atoms with van der Waals surface area (Å²) >= 11 is 0. The van der Waals surface area contributed by atoms with E-state index in [0.717, 1.165) is 43.2 Å². The first-order valence-corrected chi connectivity index (χ1v) is 16.1. The molecule has 4 atom stereocenters. The molecular formula is C35H47N3O6. The summed E-state index contributed by atoms with van der Waals surface area (Å²) in [7, 11) is 0. The lowest BCUT2D eigenvalue weighted by Crippen LogP contribution is -2.57. The van der Waals surface area contributed by atoms with Gasteiger partial charge in [-0.15, -0.1) is 0 Å². The van der Waals surface area contributed by atoms with Crippen LogP contribution in [0.3, 0.4) is 0 Å². The minimum absolute atomic E-state index is 0.215. The molecule has 238 valence electrons. The van der Waals surface area contributed by atoms with Crippen LogP contribution < -0.4 is 10.6 Å². The highest BCUT2D eigenvalue weighted by atomic mass is 16.6. The van der Waals surface area contributed by atoms with Gasteiger partial charge in [0.1, 0.15) is 12.1 Å². The van der Waals surface area contributed by atoms with Crippen LogP contribution in [0.5, 0.6) is 0 Å². The van der Waals surface area contributed by atoms with E-state index in [1.165, 1.54) is 0 Å². The van der Waals surface area contributed by atoms with E-state index in [0.29, 0.717) is 31.4 Å². The Hall–Kier alpha value is -3.72. The maximum atomic E-state index is 14.0. The van der Waals surface area contributed by atoms with Crippen molar-refractivity contribution >= 4 is 23.7 Å². The molecule has 1 unspecified atom stereocenters. The van der Waals surface area contributed by atoms with Crippen LogP contribution in [0, 0.1) is 5.92 Å². The van der Waals surface area contributed by atoms with E-state index < -0.39 is 48.1 Å².